The van der Waals surface area contributed by atoms with Crippen LogP contribution in [0, 0.1) is 28.4 Å². The average Bonchev–Trinajstić information content (AvgIpc) is 2.57. The van der Waals surface area contributed by atoms with E-state index in [2.05, 4.69) is 5.32 Å². The van der Waals surface area contributed by atoms with Crippen molar-refractivity contribution in [3.05, 3.63) is 73.3 Å². The molecule has 1 amide bonds. The fourth-order valence-corrected chi connectivity index (χ4v) is 2.35. The lowest BCUT2D eigenvalue weighted by Crippen LogP contribution is -2.14. The van der Waals surface area contributed by atoms with Gasteiger partial charge in [-0.15, -0.1) is 0 Å². The molecule has 2 rings (SSSR count). The molecule has 0 unspecified atom stereocenters. The SMILES string of the molecule is Cc1ccc(Cl)cc1NC(=O)/C(C#N)=C/c1ccc(Cl)c([N+](=O)[O-])c1. The Morgan fingerprint density at radius 2 is 2.00 bits per heavy atom. The second kappa shape index (κ2) is 7.79. The molecule has 1 N–H and O–H groups in total. The van der Waals surface area contributed by atoms with Gasteiger partial charge in [0.25, 0.3) is 11.6 Å². The Hall–Kier alpha value is -2.88. The van der Waals surface area contributed by atoms with E-state index < -0.39 is 10.8 Å². The number of nitrogens with one attached hydrogen (secondary N) is 1. The number of nitriles is 1. The molecule has 0 aliphatic heterocycles. The van der Waals surface area contributed by atoms with Gasteiger partial charge in [-0.1, -0.05) is 35.3 Å². The normalized spacial score (nSPS) is 10.9. The van der Waals surface area contributed by atoms with Gasteiger partial charge in [0.2, 0.25) is 0 Å². The maximum atomic E-state index is 12.3. The summed E-state index contributed by atoms with van der Waals surface area (Å²) in [5, 5.41) is 23.2. The van der Waals surface area contributed by atoms with Gasteiger partial charge >= 0.3 is 0 Å². The summed E-state index contributed by atoms with van der Waals surface area (Å²) in [4.78, 5) is 22.6. The van der Waals surface area contributed by atoms with E-state index in [1.54, 1.807) is 31.2 Å². The summed E-state index contributed by atoms with van der Waals surface area (Å²) < 4.78 is 0. The second-order valence-corrected chi connectivity index (χ2v) is 5.89. The number of nitro groups is 1. The van der Waals surface area contributed by atoms with Crippen LogP contribution in [0.4, 0.5) is 11.4 Å². The lowest BCUT2D eigenvalue weighted by molar-refractivity contribution is -0.384. The molecule has 0 atom stereocenters. The summed E-state index contributed by atoms with van der Waals surface area (Å²) in [5.41, 5.74) is 1.04. The molecule has 0 aliphatic rings. The summed E-state index contributed by atoms with van der Waals surface area (Å²) in [6.45, 7) is 1.78. The van der Waals surface area contributed by atoms with Crippen molar-refractivity contribution in [3.63, 3.8) is 0 Å². The molecule has 0 bridgehead atoms. The Labute approximate surface area is 153 Å². The first-order chi connectivity index (χ1) is 11.8. The molecule has 0 aliphatic carbocycles. The maximum Gasteiger partial charge on any atom is 0.288 e. The average molecular weight is 376 g/mol. The number of halogens is 2. The van der Waals surface area contributed by atoms with Gasteiger partial charge in [0.05, 0.1) is 4.92 Å². The predicted octanol–water partition coefficient (Wildman–Crippen LogP) is 4.76. The van der Waals surface area contributed by atoms with Crippen LogP contribution in [0.3, 0.4) is 0 Å². The molecule has 126 valence electrons. The molecule has 0 aromatic heterocycles. The minimum atomic E-state index is -0.648. The number of carbonyl (C=O) groups is 1. The maximum absolute atomic E-state index is 12.3. The molecule has 0 saturated carbocycles. The van der Waals surface area contributed by atoms with E-state index in [4.69, 9.17) is 23.2 Å². The highest BCUT2D eigenvalue weighted by atomic mass is 35.5. The van der Waals surface area contributed by atoms with Crippen molar-refractivity contribution in [1.82, 2.24) is 0 Å². The van der Waals surface area contributed by atoms with Crippen molar-refractivity contribution >= 4 is 46.6 Å². The quantitative estimate of drug-likeness (QED) is 0.360. The summed E-state index contributed by atoms with van der Waals surface area (Å²) in [6, 6.07) is 10.8. The largest absolute Gasteiger partial charge is 0.321 e. The van der Waals surface area contributed by atoms with Gasteiger partial charge in [-0.05, 0) is 42.3 Å². The second-order valence-electron chi connectivity index (χ2n) is 5.05. The Morgan fingerprint density at radius 3 is 2.64 bits per heavy atom. The van der Waals surface area contributed by atoms with E-state index in [9.17, 15) is 20.2 Å². The summed E-state index contributed by atoms with van der Waals surface area (Å²) in [7, 11) is 0. The number of hydrogen-bond donors (Lipinski definition) is 1. The lowest BCUT2D eigenvalue weighted by Gasteiger charge is -2.08. The number of amides is 1. The molecule has 0 radical (unpaired) electrons. The lowest BCUT2D eigenvalue weighted by atomic mass is 10.1. The predicted molar refractivity (Wildman–Crippen MR) is 96.5 cm³/mol. The third kappa shape index (κ3) is 4.57. The summed E-state index contributed by atoms with van der Waals surface area (Å²) in [5.74, 6) is -0.648. The zero-order valence-corrected chi connectivity index (χ0v) is 14.4. The van der Waals surface area contributed by atoms with Crippen LogP contribution in [-0.4, -0.2) is 10.8 Å². The van der Waals surface area contributed by atoms with Crippen LogP contribution in [-0.2, 0) is 4.79 Å². The van der Waals surface area contributed by atoms with Crippen LogP contribution >= 0.6 is 23.2 Å². The van der Waals surface area contributed by atoms with Gasteiger partial charge in [-0.3, -0.25) is 14.9 Å². The number of nitrogens with zero attached hydrogens (tertiary/aromatic N) is 2. The highest BCUT2D eigenvalue weighted by Crippen LogP contribution is 2.26. The molecule has 0 saturated heterocycles. The van der Waals surface area contributed by atoms with Crippen molar-refractivity contribution in [2.75, 3.05) is 5.32 Å². The third-order valence-corrected chi connectivity index (χ3v) is 3.85. The highest BCUT2D eigenvalue weighted by Gasteiger charge is 2.15. The molecule has 0 fully saturated rings. The van der Waals surface area contributed by atoms with E-state index in [-0.39, 0.29) is 16.3 Å². The zero-order chi connectivity index (χ0) is 18.6. The van der Waals surface area contributed by atoms with Gasteiger partial charge < -0.3 is 5.32 Å². The Bertz CT molecular complexity index is 933. The summed E-state index contributed by atoms with van der Waals surface area (Å²) in [6.07, 6.45) is 1.25. The van der Waals surface area contributed by atoms with E-state index >= 15 is 0 Å². The Kier molecular flexibility index (Phi) is 5.75. The third-order valence-electron chi connectivity index (χ3n) is 3.29. The van der Waals surface area contributed by atoms with Crippen molar-refractivity contribution in [2.45, 2.75) is 6.92 Å². The molecular formula is C17H11Cl2N3O3. The highest BCUT2D eigenvalue weighted by molar-refractivity contribution is 6.32. The van der Waals surface area contributed by atoms with Gasteiger partial charge in [0, 0.05) is 16.8 Å². The molecule has 25 heavy (non-hydrogen) atoms. The first-order valence-electron chi connectivity index (χ1n) is 6.95. The molecule has 2 aromatic carbocycles. The van der Waals surface area contributed by atoms with Gasteiger partial charge in [0.1, 0.15) is 16.7 Å². The topological polar surface area (TPSA) is 96.0 Å². The van der Waals surface area contributed by atoms with Gasteiger partial charge in [-0.25, -0.2) is 0 Å². The van der Waals surface area contributed by atoms with E-state index in [1.807, 2.05) is 0 Å². The molecular weight excluding hydrogens is 365 g/mol. The van der Waals surface area contributed by atoms with Crippen LogP contribution in [0.15, 0.2) is 42.0 Å². The number of aryl methyl sites for hydroxylation is 1. The molecule has 2 aromatic rings. The number of anilines is 1. The molecule has 8 heteroatoms. The number of rotatable bonds is 4. The van der Waals surface area contributed by atoms with Crippen LogP contribution in [0.1, 0.15) is 11.1 Å². The number of carbonyl (C=O) groups excluding carboxylic acids is 1. The number of benzene rings is 2. The monoisotopic (exact) mass is 375 g/mol. The molecule has 0 spiro atoms. The Morgan fingerprint density at radius 1 is 1.28 bits per heavy atom. The van der Waals surface area contributed by atoms with E-state index in [0.717, 1.165) is 5.56 Å². The van der Waals surface area contributed by atoms with Crippen molar-refractivity contribution in [1.29, 1.82) is 5.26 Å². The van der Waals surface area contributed by atoms with E-state index in [1.165, 1.54) is 24.3 Å². The molecule has 0 heterocycles. The fourth-order valence-electron chi connectivity index (χ4n) is 1.99. The Balaban J connectivity index is 2.33. The van der Waals surface area contributed by atoms with Crippen LogP contribution in [0.2, 0.25) is 10.0 Å². The van der Waals surface area contributed by atoms with Crippen LogP contribution in [0.25, 0.3) is 6.08 Å². The standard InChI is InChI=1S/C17H11Cl2N3O3/c1-10-2-4-13(18)8-15(10)21-17(23)12(9-20)6-11-3-5-14(19)16(7-11)22(24)25/h2-8H,1H3,(H,21,23)/b12-6+. The fraction of sp³-hybridized carbons (Fsp3) is 0.0588. The van der Waals surface area contributed by atoms with Crippen LogP contribution in [0.5, 0.6) is 0 Å². The summed E-state index contributed by atoms with van der Waals surface area (Å²) >= 11 is 11.6. The van der Waals surface area contributed by atoms with Crippen molar-refractivity contribution in [3.8, 4) is 6.07 Å². The van der Waals surface area contributed by atoms with E-state index in [0.29, 0.717) is 16.3 Å². The number of nitro benzene ring substituents is 1. The van der Waals surface area contributed by atoms with Crippen LogP contribution < -0.4 is 5.32 Å². The van der Waals surface area contributed by atoms with Crippen molar-refractivity contribution < 1.29 is 9.72 Å². The van der Waals surface area contributed by atoms with Crippen molar-refractivity contribution in [2.24, 2.45) is 0 Å². The van der Waals surface area contributed by atoms with Gasteiger partial charge in [-0.2, -0.15) is 5.26 Å². The first-order valence-corrected chi connectivity index (χ1v) is 7.70. The minimum Gasteiger partial charge on any atom is -0.321 e. The smallest absolute Gasteiger partial charge is 0.288 e. The van der Waals surface area contributed by atoms with Gasteiger partial charge in [0.15, 0.2) is 0 Å². The molecule has 6 nitrogen and oxygen atoms in total. The minimum absolute atomic E-state index is 0.0281. The zero-order valence-electron chi connectivity index (χ0n) is 12.9. The number of hydrogen-bond acceptors (Lipinski definition) is 4. The first kappa shape index (κ1) is 18.5.